The van der Waals surface area contributed by atoms with Gasteiger partial charge < -0.3 is 19.4 Å². The molecular formula is C24H24O4. The van der Waals surface area contributed by atoms with Gasteiger partial charge in [-0.3, -0.25) is 0 Å². The molecule has 0 spiro atoms. The normalized spacial score (nSPS) is 12.9. The third kappa shape index (κ3) is 5.78. The van der Waals surface area contributed by atoms with Crippen LogP contribution < -0.4 is 4.74 Å². The average molecular weight is 376 g/mol. The molecule has 3 aromatic rings. The molecule has 0 aliphatic rings. The Morgan fingerprint density at radius 1 is 0.821 bits per heavy atom. The number of benzene rings is 3. The molecular weight excluding hydrogens is 352 g/mol. The minimum atomic E-state index is -0.833. The molecule has 0 heterocycles. The third-order valence-corrected chi connectivity index (χ3v) is 4.41. The van der Waals surface area contributed by atoms with Crippen molar-refractivity contribution >= 4 is 6.29 Å². The third-order valence-electron chi connectivity index (χ3n) is 4.41. The van der Waals surface area contributed by atoms with Gasteiger partial charge in [-0.05, 0) is 28.8 Å². The molecule has 0 unspecified atom stereocenters. The molecule has 0 aliphatic heterocycles. The second-order valence-electron chi connectivity index (χ2n) is 6.52. The van der Waals surface area contributed by atoms with Crippen LogP contribution in [0, 0.1) is 0 Å². The van der Waals surface area contributed by atoms with Gasteiger partial charge >= 0.3 is 0 Å². The molecule has 0 fully saturated rings. The summed E-state index contributed by atoms with van der Waals surface area (Å²) in [5, 5.41) is 10.7. The predicted molar refractivity (Wildman–Crippen MR) is 108 cm³/mol. The minimum Gasteiger partial charge on any atom is -0.491 e. The van der Waals surface area contributed by atoms with Crippen molar-refractivity contribution in [3.8, 4) is 5.75 Å². The van der Waals surface area contributed by atoms with Crippen LogP contribution in [-0.2, 0) is 22.6 Å². The highest BCUT2D eigenvalue weighted by molar-refractivity contribution is 5.55. The van der Waals surface area contributed by atoms with Gasteiger partial charge in [0.25, 0.3) is 0 Å². The van der Waals surface area contributed by atoms with Gasteiger partial charge in [-0.15, -0.1) is 0 Å². The lowest BCUT2D eigenvalue weighted by Gasteiger charge is -2.24. The first kappa shape index (κ1) is 19.8. The molecule has 0 saturated carbocycles. The Morgan fingerprint density at radius 3 is 2.11 bits per heavy atom. The van der Waals surface area contributed by atoms with E-state index in [-0.39, 0.29) is 6.61 Å². The van der Waals surface area contributed by atoms with E-state index in [0.717, 1.165) is 23.0 Å². The van der Waals surface area contributed by atoms with Gasteiger partial charge in [0, 0.05) is 6.42 Å². The number of aliphatic hydroxyl groups excluding tert-OH is 1. The smallest absolute Gasteiger partial charge is 0.124 e. The zero-order valence-electron chi connectivity index (χ0n) is 15.6. The SMILES string of the molecule is O=CCc1ccc(OC[C@@H](O)[C@H](OCc2ccccc2)c2ccccc2)cc1. The summed E-state index contributed by atoms with van der Waals surface area (Å²) in [6, 6.07) is 26.8. The first-order chi connectivity index (χ1) is 13.8. The Labute approximate surface area is 165 Å². The number of rotatable bonds is 10. The molecule has 0 aliphatic carbocycles. The summed E-state index contributed by atoms with van der Waals surface area (Å²) >= 11 is 0. The molecule has 0 saturated heterocycles. The number of aliphatic hydroxyl groups is 1. The first-order valence-electron chi connectivity index (χ1n) is 9.30. The van der Waals surface area contributed by atoms with E-state index < -0.39 is 12.2 Å². The first-order valence-corrected chi connectivity index (χ1v) is 9.30. The molecule has 28 heavy (non-hydrogen) atoms. The van der Waals surface area contributed by atoms with Crippen molar-refractivity contribution in [3.63, 3.8) is 0 Å². The minimum absolute atomic E-state index is 0.0986. The van der Waals surface area contributed by atoms with E-state index in [2.05, 4.69) is 0 Å². The Kier molecular flexibility index (Phi) is 7.36. The quantitative estimate of drug-likeness (QED) is 0.541. The van der Waals surface area contributed by atoms with Crippen molar-refractivity contribution in [2.45, 2.75) is 25.2 Å². The van der Waals surface area contributed by atoms with Crippen molar-refractivity contribution in [2.75, 3.05) is 6.61 Å². The topological polar surface area (TPSA) is 55.8 Å². The number of aldehydes is 1. The van der Waals surface area contributed by atoms with E-state index in [1.54, 1.807) is 12.1 Å². The summed E-state index contributed by atoms with van der Waals surface area (Å²) in [4.78, 5) is 10.6. The zero-order chi connectivity index (χ0) is 19.6. The fourth-order valence-electron chi connectivity index (χ4n) is 2.92. The van der Waals surface area contributed by atoms with Crippen LogP contribution in [0.4, 0.5) is 0 Å². The van der Waals surface area contributed by atoms with E-state index in [4.69, 9.17) is 9.47 Å². The lowest BCUT2D eigenvalue weighted by Crippen LogP contribution is -2.27. The second kappa shape index (κ2) is 10.4. The molecule has 0 bridgehead atoms. The maximum Gasteiger partial charge on any atom is 0.124 e. The van der Waals surface area contributed by atoms with Crippen LogP contribution in [0.15, 0.2) is 84.9 Å². The van der Waals surface area contributed by atoms with Crippen LogP contribution in [0.5, 0.6) is 5.75 Å². The lowest BCUT2D eigenvalue weighted by atomic mass is 10.0. The molecule has 0 radical (unpaired) electrons. The molecule has 4 heteroatoms. The molecule has 3 rings (SSSR count). The highest BCUT2D eigenvalue weighted by Gasteiger charge is 2.23. The van der Waals surface area contributed by atoms with Gasteiger partial charge in [0.05, 0.1) is 6.61 Å². The van der Waals surface area contributed by atoms with Gasteiger partial charge in [0.15, 0.2) is 0 Å². The van der Waals surface area contributed by atoms with E-state index >= 15 is 0 Å². The predicted octanol–water partition coefficient (Wildman–Crippen LogP) is 4.13. The number of carbonyl (C=O) groups is 1. The molecule has 1 N–H and O–H groups in total. The molecule has 4 nitrogen and oxygen atoms in total. The van der Waals surface area contributed by atoms with Crippen LogP contribution in [0.1, 0.15) is 22.8 Å². The van der Waals surface area contributed by atoms with Crippen molar-refractivity contribution in [1.29, 1.82) is 0 Å². The van der Waals surface area contributed by atoms with Crippen molar-refractivity contribution < 1.29 is 19.4 Å². The number of hydrogen-bond acceptors (Lipinski definition) is 4. The molecule has 3 aromatic carbocycles. The van der Waals surface area contributed by atoms with Crippen LogP contribution in [0.3, 0.4) is 0 Å². The van der Waals surface area contributed by atoms with Crippen LogP contribution in [-0.4, -0.2) is 24.1 Å². The van der Waals surface area contributed by atoms with Crippen molar-refractivity contribution in [3.05, 3.63) is 102 Å². The summed E-state index contributed by atoms with van der Waals surface area (Å²) in [5.41, 5.74) is 2.87. The van der Waals surface area contributed by atoms with E-state index in [0.29, 0.717) is 18.8 Å². The molecule has 2 atom stereocenters. The largest absolute Gasteiger partial charge is 0.491 e. The number of hydrogen-bond donors (Lipinski definition) is 1. The van der Waals surface area contributed by atoms with Crippen LogP contribution in [0.2, 0.25) is 0 Å². The fourth-order valence-corrected chi connectivity index (χ4v) is 2.92. The fraction of sp³-hybridized carbons (Fsp3) is 0.208. The standard InChI is InChI=1S/C24H24O4/c25-16-15-19-11-13-22(14-12-19)27-18-23(26)24(21-9-5-2-6-10-21)28-17-20-7-3-1-4-8-20/h1-14,16,23-24,26H,15,17-18H2/t23-,24-/m1/s1. The van der Waals surface area contributed by atoms with Crippen molar-refractivity contribution in [2.24, 2.45) is 0 Å². The number of ether oxygens (including phenoxy) is 2. The lowest BCUT2D eigenvalue weighted by molar-refractivity contribution is -0.107. The molecule has 144 valence electrons. The van der Waals surface area contributed by atoms with E-state index in [1.807, 2.05) is 72.8 Å². The Morgan fingerprint density at radius 2 is 1.46 bits per heavy atom. The van der Waals surface area contributed by atoms with Gasteiger partial charge in [0.1, 0.15) is 30.9 Å². The van der Waals surface area contributed by atoms with Gasteiger partial charge in [-0.1, -0.05) is 72.8 Å². The average Bonchev–Trinajstić information content (AvgIpc) is 2.75. The van der Waals surface area contributed by atoms with Crippen LogP contribution >= 0.6 is 0 Å². The van der Waals surface area contributed by atoms with Gasteiger partial charge in [0.2, 0.25) is 0 Å². The summed E-state index contributed by atoms with van der Waals surface area (Å²) in [7, 11) is 0. The highest BCUT2D eigenvalue weighted by atomic mass is 16.5. The highest BCUT2D eigenvalue weighted by Crippen LogP contribution is 2.24. The summed E-state index contributed by atoms with van der Waals surface area (Å²) in [5.74, 6) is 0.642. The number of carbonyl (C=O) groups excluding carboxylic acids is 1. The Hall–Kier alpha value is -2.95. The van der Waals surface area contributed by atoms with Gasteiger partial charge in [-0.25, -0.2) is 0 Å². The van der Waals surface area contributed by atoms with E-state index in [9.17, 15) is 9.90 Å². The maximum atomic E-state index is 10.7. The summed E-state index contributed by atoms with van der Waals surface area (Å²) in [6.45, 7) is 0.499. The maximum absolute atomic E-state index is 10.7. The monoisotopic (exact) mass is 376 g/mol. The zero-order valence-corrected chi connectivity index (χ0v) is 15.6. The Bertz CT molecular complexity index is 831. The van der Waals surface area contributed by atoms with Crippen molar-refractivity contribution in [1.82, 2.24) is 0 Å². The van der Waals surface area contributed by atoms with E-state index in [1.165, 1.54) is 0 Å². The summed E-state index contributed by atoms with van der Waals surface area (Å²) < 4.78 is 11.8. The summed E-state index contributed by atoms with van der Waals surface area (Å²) in [6.07, 6.45) is -0.0861. The molecule has 0 aromatic heterocycles. The molecule has 0 amide bonds. The van der Waals surface area contributed by atoms with Gasteiger partial charge in [-0.2, -0.15) is 0 Å². The Balaban J connectivity index is 1.64. The second-order valence-corrected chi connectivity index (χ2v) is 6.52. The van der Waals surface area contributed by atoms with Crippen LogP contribution in [0.25, 0.3) is 0 Å².